The molecular weight excluding hydrogens is 313 g/mol. The summed E-state index contributed by atoms with van der Waals surface area (Å²) in [6.07, 6.45) is -3.17. The van der Waals surface area contributed by atoms with Gasteiger partial charge in [0, 0.05) is 12.1 Å². The Bertz CT molecular complexity index is 543. The predicted molar refractivity (Wildman–Crippen MR) is 60.1 cm³/mol. The highest BCUT2D eigenvalue weighted by Crippen LogP contribution is 2.29. The number of halogens is 4. The number of pyridine rings is 2. The quantitative estimate of drug-likeness (QED) is 0.789. The summed E-state index contributed by atoms with van der Waals surface area (Å²) in [5.41, 5.74) is -1.12. The average molecular weight is 318 g/mol. The Morgan fingerprint density at radius 1 is 1.22 bits per heavy atom. The number of nitrogens with zero attached hydrogens (tertiary/aromatic N) is 2. The van der Waals surface area contributed by atoms with E-state index < -0.39 is 11.9 Å². The van der Waals surface area contributed by atoms with Crippen molar-refractivity contribution in [1.29, 1.82) is 0 Å². The number of hydrogen-bond acceptors (Lipinski definition) is 3. The Balaban J connectivity index is 2.22. The molecule has 0 aliphatic heterocycles. The zero-order chi connectivity index (χ0) is 13.2. The maximum absolute atomic E-state index is 12.4. The lowest BCUT2D eigenvalue weighted by Crippen LogP contribution is -2.08. The summed E-state index contributed by atoms with van der Waals surface area (Å²) in [6.45, 7) is 0. The summed E-state index contributed by atoms with van der Waals surface area (Å²) in [5, 5.41) is 0. The van der Waals surface area contributed by atoms with Crippen molar-refractivity contribution < 1.29 is 17.9 Å². The van der Waals surface area contributed by atoms with Gasteiger partial charge in [-0.2, -0.15) is 13.2 Å². The van der Waals surface area contributed by atoms with Gasteiger partial charge in [-0.25, -0.2) is 9.97 Å². The Hall–Kier alpha value is -1.63. The Morgan fingerprint density at radius 3 is 2.61 bits per heavy atom. The normalized spacial score (nSPS) is 11.3. The van der Waals surface area contributed by atoms with Crippen molar-refractivity contribution in [2.75, 3.05) is 0 Å². The molecule has 0 spiro atoms. The van der Waals surface area contributed by atoms with Gasteiger partial charge < -0.3 is 4.74 Å². The number of alkyl halides is 3. The van der Waals surface area contributed by atoms with Gasteiger partial charge in [0.05, 0.1) is 6.20 Å². The molecule has 0 aromatic carbocycles. The van der Waals surface area contributed by atoms with Crippen molar-refractivity contribution in [2.45, 2.75) is 6.18 Å². The third-order valence-electron chi connectivity index (χ3n) is 1.86. The van der Waals surface area contributed by atoms with Crippen LogP contribution in [0.25, 0.3) is 0 Å². The fraction of sp³-hybridized carbons (Fsp3) is 0.0909. The molecule has 0 aliphatic carbocycles. The summed E-state index contributed by atoms with van der Waals surface area (Å²) < 4.78 is 42.9. The maximum atomic E-state index is 12.4. The van der Waals surface area contributed by atoms with Crippen LogP contribution in [0.2, 0.25) is 0 Å². The number of rotatable bonds is 2. The molecule has 0 saturated heterocycles. The van der Waals surface area contributed by atoms with Gasteiger partial charge in [-0.15, -0.1) is 0 Å². The Labute approximate surface area is 109 Å². The monoisotopic (exact) mass is 317 g/mol. The number of ether oxygens (including phenoxy) is 1. The minimum Gasteiger partial charge on any atom is -0.437 e. The van der Waals surface area contributed by atoms with Gasteiger partial charge in [0.2, 0.25) is 5.88 Å². The summed E-state index contributed by atoms with van der Waals surface area (Å²) in [5.74, 6) is 0.134. The Kier molecular flexibility index (Phi) is 3.51. The predicted octanol–water partition coefficient (Wildman–Crippen LogP) is 3.85. The lowest BCUT2D eigenvalue weighted by molar-refractivity contribution is -0.141. The van der Waals surface area contributed by atoms with E-state index in [1.807, 2.05) is 6.07 Å². The van der Waals surface area contributed by atoms with Crippen molar-refractivity contribution in [3.63, 3.8) is 0 Å². The summed E-state index contributed by atoms with van der Waals surface area (Å²) in [6, 6.07) is 7.57. The molecule has 18 heavy (non-hydrogen) atoms. The first-order chi connectivity index (χ1) is 8.45. The highest BCUT2D eigenvalue weighted by molar-refractivity contribution is 9.10. The molecule has 2 heterocycles. The summed E-state index contributed by atoms with van der Waals surface area (Å²) >= 11 is 3.13. The van der Waals surface area contributed by atoms with Crippen LogP contribution < -0.4 is 4.74 Å². The van der Waals surface area contributed by atoms with Crippen LogP contribution in [-0.4, -0.2) is 9.97 Å². The van der Waals surface area contributed by atoms with Gasteiger partial charge in [-0.3, -0.25) is 0 Å². The zero-order valence-corrected chi connectivity index (χ0v) is 10.3. The van der Waals surface area contributed by atoms with Crippen molar-refractivity contribution in [3.05, 3.63) is 46.8 Å². The van der Waals surface area contributed by atoms with E-state index in [1.165, 1.54) is 12.3 Å². The fourth-order valence-electron chi connectivity index (χ4n) is 1.12. The molecule has 0 saturated carbocycles. The minimum absolute atomic E-state index is 0.162. The van der Waals surface area contributed by atoms with Crippen molar-refractivity contribution in [2.24, 2.45) is 0 Å². The topological polar surface area (TPSA) is 35.0 Å². The van der Waals surface area contributed by atoms with Crippen LogP contribution >= 0.6 is 15.9 Å². The molecule has 3 nitrogen and oxygen atoms in total. The van der Waals surface area contributed by atoms with Gasteiger partial charge in [0.25, 0.3) is 0 Å². The van der Waals surface area contributed by atoms with E-state index >= 15 is 0 Å². The van der Waals surface area contributed by atoms with Crippen LogP contribution in [0, 0.1) is 6.07 Å². The molecule has 7 heteroatoms. The molecule has 0 N–H and O–H groups in total. The average Bonchev–Trinajstić information content (AvgIpc) is 2.31. The lowest BCUT2D eigenvalue weighted by Gasteiger charge is -2.08. The van der Waals surface area contributed by atoms with E-state index in [-0.39, 0.29) is 5.88 Å². The number of aromatic nitrogens is 2. The summed E-state index contributed by atoms with van der Waals surface area (Å²) in [7, 11) is 0. The van der Waals surface area contributed by atoms with E-state index in [9.17, 15) is 13.2 Å². The van der Waals surface area contributed by atoms with E-state index in [1.54, 1.807) is 12.1 Å². The largest absolute Gasteiger partial charge is 0.437 e. The second-order valence-corrected chi connectivity index (χ2v) is 4.01. The van der Waals surface area contributed by atoms with Crippen molar-refractivity contribution in [1.82, 2.24) is 9.97 Å². The Morgan fingerprint density at radius 2 is 2.00 bits per heavy atom. The van der Waals surface area contributed by atoms with Crippen LogP contribution in [0.15, 0.2) is 35.1 Å². The van der Waals surface area contributed by atoms with Gasteiger partial charge >= 0.3 is 6.18 Å². The van der Waals surface area contributed by atoms with E-state index in [4.69, 9.17) is 4.74 Å². The van der Waals surface area contributed by atoms with Crippen LogP contribution in [0.1, 0.15) is 5.69 Å². The molecule has 0 amide bonds. The lowest BCUT2D eigenvalue weighted by atomic mass is 10.3. The second-order valence-electron chi connectivity index (χ2n) is 3.19. The van der Waals surface area contributed by atoms with Gasteiger partial charge in [-0.1, -0.05) is 0 Å². The first-order valence-electron chi connectivity index (χ1n) is 4.70. The first-order valence-corrected chi connectivity index (χ1v) is 5.50. The van der Waals surface area contributed by atoms with Crippen LogP contribution in [0.3, 0.4) is 0 Å². The fourth-order valence-corrected chi connectivity index (χ4v) is 1.35. The second kappa shape index (κ2) is 4.93. The molecule has 2 aromatic rings. The molecule has 93 valence electrons. The highest BCUT2D eigenvalue weighted by atomic mass is 79.9. The molecule has 2 rings (SSSR count). The standard InChI is InChI=1S/C11H5BrF3N2O/c12-9-5-4-7(6-16-9)18-10-3-1-2-8(17-10)11(13,14)15/h1,3-6H. The molecule has 2 aromatic heterocycles. The first kappa shape index (κ1) is 12.8. The van der Waals surface area contributed by atoms with E-state index in [2.05, 4.69) is 25.9 Å². The van der Waals surface area contributed by atoms with Crippen LogP contribution in [0.4, 0.5) is 13.2 Å². The molecule has 0 unspecified atom stereocenters. The molecule has 0 atom stereocenters. The molecule has 0 aliphatic rings. The summed E-state index contributed by atoms with van der Waals surface area (Å²) in [4.78, 5) is 7.20. The van der Waals surface area contributed by atoms with Gasteiger partial charge in [-0.05, 0) is 34.1 Å². The molecule has 0 bridgehead atoms. The van der Waals surface area contributed by atoms with Crippen molar-refractivity contribution >= 4 is 15.9 Å². The molecule has 0 fully saturated rings. The van der Waals surface area contributed by atoms with E-state index in [0.29, 0.717) is 10.4 Å². The minimum atomic E-state index is -4.54. The third kappa shape index (κ3) is 3.19. The van der Waals surface area contributed by atoms with Gasteiger partial charge in [0.1, 0.15) is 10.4 Å². The van der Waals surface area contributed by atoms with Crippen LogP contribution in [0.5, 0.6) is 11.6 Å². The molecular formula is C11H5BrF3N2O. The molecule has 1 radical (unpaired) electrons. The SMILES string of the molecule is FC(F)(F)c1[c]ccc(Oc2ccc(Br)nc2)n1. The van der Waals surface area contributed by atoms with E-state index in [0.717, 1.165) is 6.07 Å². The third-order valence-corrected chi connectivity index (χ3v) is 2.33. The van der Waals surface area contributed by atoms with Gasteiger partial charge in [0.15, 0.2) is 5.69 Å². The van der Waals surface area contributed by atoms with Crippen LogP contribution in [-0.2, 0) is 6.18 Å². The highest BCUT2D eigenvalue weighted by Gasteiger charge is 2.33. The zero-order valence-electron chi connectivity index (χ0n) is 8.70. The maximum Gasteiger partial charge on any atom is 0.434 e. The van der Waals surface area contributed by atoms with Crippen molar-refractivity contribution in [3.8, 4) is 11.6 Å². The smallest absolute Gasteiger partial charge is 0.434 e. The number of hydrogen-bond donors (Lipinski definition) is 0.